The topological polar surface area (TPSA) is 72.9 Å². The molecule has 168 valence electrons. The predicted molar refractivity (Wildman–Crippen MR) is 119 cm³/mol. The van der Waals surface area contributed by atoms with E-state index in [1.165, 1.54) is 0 Å². The quantitative estimate of drug-likeness (QED) is 0.709. The number of carbonyl (C=O) groups excluding carboxylic acids is 1. The molecule has 2 unspecified atom stereocenters. The summed E-state index contributed by atoms with van der Waals surface area (Å²) in [5, 5.41) is 3.65. The van der Waals surface area contributed by atoms with E-state index in [0.29, 0.717) is 19.0 Å². The third kappa shape index (κ3) is 6.10. The Morgan fingerprint density at radius 3 is 2.48 bits per heavy atom. The number of carbonyl (C=O) groups is 1. The summed E-state index contributed by atoms with van der Waals surface area (Å²) in [6, 6.07) is 11.8. The summed E-state index contributed by atoms with van der Waals surface area (Å²) < 4.78 is 16.1. The molecule has 1 aliphatic rings. The number of methoxy groups -OCH3 is 2. The summed E-state index contributed by atoms with van der Waals surface area (Å²) in [7, 11) is 3.26. The minimum atomic E-state index is -0.526. The highest BCUT2D eigenvalue weighted by atomic mass is 16.6. The van der Waals surface area contributed by atoms with Crippen LogP contribution in [0.1, 0.15) is 50.8 Å². The summed E-state index contributed by atoms with van der Waals surface area (Å²) in [6.45, 7) is 6.99. The molecule has 1 N–H and O–H groups in total. The molecular formula is C24H33N3O4. The number of rotatable bonds is 7. The van der Waals surface area contributed by atoms with Gasteiger partial charge in [-0.1, -0.05) is 18.2 Å². The van der Waals surface area contributed by atoms with Gasteiger partial charge in [0.05, 0.1) is 26.3 Å². The number of benzene rings is 1. The lowest BCUT2D eigenvalue weighted by Gasteiger charge is -2.34. The van der Waals surface area contributed by atoms with Crippen molar-refractivity contribution in [2.75, 3.05) is 20.8 Å². The fourth-order valence-corrected chi connectivity index (χ4v) is 3.84. The fourth-order valence-electron chi connectivity index (χ4n) is 3.84. The molecule has 1 fully saturated rings. The second-order valence-electron chi connectivity index (χ2n) is 8.72. The van der Waals surface area contributed by atoms with E-state index in [0.717, 1.165) is 29.7 Å². The number of likely N-dealkylation sites (tertiary alicyclic amines) is 1. The number of amides is 1. The molecule has 0 saturated carbocycles. The Kier molecular flexibility index (Phi) is 7.38. The highest BCUT2D eigenvalue weighted by Gasteiger charge is 2.37. The molecule has 0 aliphatic carbocycles. The SMILES string of the molecule is COc1ccc(C(NCc2ccc(OC)nc2)C2CCCN2C(=O)OC(C)(C)C)cc1. The van der Waals surface area contributed by atoms with E-state index >= 15 is 0 Å². The van der Waals surface area contributed by atoms with Crippen LogP contribution in [0.2, 0.25) is 0 Å². The van der Waals surface area contributed by atoms with E-state index in [9.17, 15) is 4.79 Å². The largest absolute Gasteiger partial charge is 0.497 e. The number of ether oxygens (including phenoxy) is 3. The minimum Gasteiger partial charge on any atom is -0.497 e. The van der Waals surface area contributed by atoms with Crippen molar-refractivity contribution in [3.63, 3.8) is 0 Å². The molecule has 7 nitrogen and oxygen atoms in total. The molecular weight excluding hydrogens is 394 g/mol. The molecule has 1 saturated heterocycles. The average molecular weight is 428 g/mol. The second kappa shape index (κ2) is 10.0. The van der Waals surface area contributed by atoms with Crippen molar-refractivity contribution >= 4 is 6.09 Å². The zero-order valence-electron chi connectivity index (χ0n) is 19.1. The van der Waals surface area contributed by atoms with Crippen LogP contribution >= 0.6 is 0 Å². The van der Waals surface area contributed by atoms with E-state index in [2.05, 4.69) is 10.3 Å². The van der Waals surface area contributed by atoms with Gasteiger partial charge in [0, 0.05) is 25.4 Å². The lowest BCUT2D eigenvalue weighted by molar-refractivity contribution is 0.0194. The van der Waals surface area contributed by atoms with Gasteiger partial charge in [0.15, 0.2) is 0 Å². The van der Waals surface area contributed by atoms with Gasteiger partial charge in [-0.15, -0.1) is 0 Å². The summed E-state index contributed by atoms with van der Waals surface area (Å²) in [5.41, 5.74) is 1.62. The van der Waals surface area contributed by atoms with Crippen molar-refractivity contribution in [1.82, 2.24) is 15.2 Å². The Bertz CT molecular complexity index is 847. The first kappa shape index (κ1) is 22.9. The van der Waals surface area contributed by atoms with E-state index in [4.69, 9.17) is 14.2 Å². The Labute approximate surface area is 184 Å². The van der Waals surface area contributed by atoms with Crippen LogP contribution in [0.25, 0.3) is 0 Å². The molecule has 0 bridgehead atoms. The Morgan fingerprint density at radius 1 is 1.16 bits per heavy atom. The second-order valence-corrected chi connectivity index (χ2v) is 8.72. The molecule has 7 heteroatoms. The molecule has 3 rings (SSSR count). The Morgan fingerprint density at radius 2 is 1.90 bits per heavy atom. The Hall–Kier alpha value is -2.80. The number of nitrogens with zero attached hydrogens (tertiary/aromatic N) is 2. The van der Waals surface area contributed by atoms with Gasteiger partial charge >= 0.3 is 6.09 Å². The number of pyridine rings is 1. The summed E-state index contributed by atoms with van der Waals surface area (Å²) in [4.78, 5) is 19.0. The van der Waals surface area contributed by atoms with Crippen LogP contribution in [-0.2, 0) is 11.3 Å². The van der Waals surface area contributed by atoms with Gasteiger partial charge in [-0.25, -0.2) is 9.78 Å². The van der Waals surface area contributed by atoms with Gasteiger partial charge in [-0.3, -0.25) is 0 Å². The maximum Gasteiger partial charge on any atom is 0.410 e. The third-order valence-electron chi connectivity index (χ3n) is 5.32. The zero-order chi connectivity index (χ0) is 22.4. The zero-order valence-corrected chi connectivity index (χ0v) is 19.1. The van der Waals surface area contributed by atoms with Crippen LogP contribution in [0.3, 0.4) is 0 Å². The van der Waals surface area contributed by atoms with Crippen molar-refractivity contribution in [3.8, 4) is 11.6 Å². The number of aromatic nitrogens is 1. The normalized spacial score (nSPS) is 17.3. The Balaban J connectivity index is 1.82. The number of hydrogen-bond donors (Lipinski definition) is 1. The van der Waals surface area contributed by atoms with Gasteiger partial charge in [-0.05, 0) is 56.9 Å². The van der Waals surface area contributed by atoms with Crippen LogP contribution in [0.5, 0.6) is 11.6 Å². The first-order valence-electron chi connectivity index (χ1n) is 10.7. The van der Waals surface area contributed by atoms with Crippen molar-refractivity contribution < 1.29 is 19.0 Å². The third-order valence-corrected chi connectivity index (χ3v) is 5.32. The molecule has 1 aromatic carbocycles. The summed E-state index contributed by atoms with van der Waals surface area (Å²) in [5.74, 6) is 1.39. The maximum atomic E-state index is 12.9. The van der Waals surface area contributed by atoms with Gasteiger partial charge in [0.2, 0.25) is 5.88 Å². The standard InChI is InChI=1S/C24H33N3O4/c1-24(2,3)31-23(28)27-14-6-7-20(27)22(18-9-11-19(29-4)12-10-18)26-16-17-8-13-21(30-5)25-15-17/h8-13,15,20,22,26H,6-7,14,16H2,1-5H3. The van der Waals surface area contributed by atoms with Crippen molar-refractivity contribution in [2.45, 2.75) is 57.8 Å². The lowest BCUT2D eigenvalue weighted by Crippen LogP contribution is -2.45. The lowest BCUT2D eigenvalue weighted by atomic mass is 9.97. The summed E-state index contributed by atoms with van der Waals surface area (Å²) in [6.07, 6.45) is 3.39. The monoisotopic (exact) mass is 427 g/mol. The van der Waals surface area contributed by atoms with Gasteiger partial charge in [-0.2, -0.15) is 0 Å². The predicted octanol–water partition coefficient (Wildman–Crippen LogP) is 4.33. The molecule has 1 aliphatic heterocycles. The highest BCUT2D eigenvalue weighted by molar-refractivity contribution is 5.69. The first-order chi connectivity index (χ1) is 14.8. The van der Waals surface area contributed by atoms with Crippen molar-refractivity contribution in [2.24, 2.45) is 0 Å². The summed E-state index contributed by atoms with van der Waals surface area (Å²) >= 11 is 0. The molecule has 0 spiro atoms. The molecule has 2 heterocycles. The van der Waals surface area contributed by atoms with Gasteiger partial charge < -0.3 is 24.4 Å². The fraction of sp³-hybridized carbons (Fsp3) is 0.500. The molecule has 1 aromatic heterocycles. The van der Waals surface area contributed by atoms with E-state index in [-0.39, 0.29) is 18.2 Å². The van der Waals surface area contributed by atoms with E-state index in [1.807, 2.05) is 62.1 Å². The molecule has 0 radical (unpaired) electrons. The molecule has 1 amide bonds. The van der Waals surface area contributed by atoms with E-state index in [1.54, 1.807) is 20.4 Å². The number of nitrogens with one attached hydrogen (secondary N) is 1. The van der Waals surface area contributed by atoms with Crippen LogP contribution in [-0.4, -0.2) is 48.4 Å². The molecule has 31 heavy (non-hydrogen) atoms. The molecule has 2 aromatic rings. The van der Waals surface area contributed by atoms with Crippen molar-refractivity contribution in [1.29, 1.82) is 0 Å². The highest BCUT2D eigenvalue weighted by Crippen LogP contribution is 2.32. The van der Waals surface area contributed by atoms with Crippen LogP contribution in [0.4, 0.5) is 4.79 Å². The minimum absolute atomic E-state index is 0.00514. The number of hydrogen-bond acceptors (Lipinski definition) is 6. The smallest absolute Gasteiger partial charge is 0.410 e. The van der Waals surface area contributed by atoms with E-state index < -0.39 is 5.60 Å². The van der Waals surface area contributed by atoms with Gasteiger partial charge in [0.25, 0.3) is 0 Å². The first-order valence-corrected chi connectivity index (χ1v) is 10.7. The maximum absolute atomic E-state index is 12.9. The van der Waals surface area contributed by atoms with Crippen LogP contribution in [0.15, 0.2) is 42.6 Å². The van der Waals surface area contributed by atoms with Crippen LogP contribution < -0.4 is 14.8 Å². The van der Waals surface area contributed by atoms with Gasteiger partial charge in [0.1, 0.15) is 11.4 Å². The average Bonchev–Trinajstić information content (AvgIpc) is 3.23. The van der Waals surface area contributed by atoms with Crippen LogP contribution in [0, 0.1) is 0 Å². The molecule has 2 atom stereocenters. The van der Waals surface area contributed by atoms with Crippen molar-refractivity contribution in [3.05, 3.63) is 53.7 Å².